The van der Waals surface area contributed by atoms with Gasteiger partial charge in [0.25, 0.3) is 0 Å². The smallest absolute Gasteiger partial charge is 0.207 e. The molecule has 0 saturated carbocycles. The Hall–Kier alpha value is -0.460. The molecule has 0 heterocycles. The largest absolute Gasteiger partial charge is 0.241 e. The molecule has 0 saturated heterocycles. The number of alkyl halides is 1. The van der Waals surface area contributed by atoms with Crippen molar-refractivity contribution in [2.45, 2.75) is 37.1 Å². The molecule has 0 spiro atoms. The van der Waals surface area contributed by atoms with Gasteiger partial charge in [0.15, 0.2) is 0 Å². The molecule has 0 aromatic heterocycles. The van der Waals surface area contributed by atoms with Crippen molar-refractivity contribution in [1.82, 2.24) is 4.72 Å². The summed E-state index contributed by atoms with van der Waals surface area (Å²) in [7, 11) is -3.61. The van der Waals surface area contributed by atoms with Gasteiger partial charge in [-0.05, 0) is 44.0 Å². The van der Waals surface area contributed by atoms with Gasteiger partial charge < -0.3 is 0 Å². The number of sulfonamides is 1. The van der Waals surface area contributed by atoms with E-state index in [9.17, 15) is 12.8 Å². The summed E-state index contributed by atoms with van der Waals surface area (Å²) in [5.41, 5.74) is -0.503. The molecule has 0 radical (unpaired) electrons. The monoisotopic (exact) mass is 337 g/mol. The molecule has 0 aliphatic rings. The minimum Gasteiger partial charge on any atom is -0.207 e. The maximum absolute atomic E-state index is 12.8. The molecule has 1 unspecified atom stereocenters. The quantitative estimate of drug-likeness (QED) is 0.811. The van der Waals surface area contributed by atoms with Crippen LogP contribution >= 0.6 is 15.9 Å². The molecule has 1 atom stereocenters. The van der Waals surface area contributed by atoms with Crippen molar-refractivity contribution < 1.29 is 12.8 Å². The average Bonchev–Trinajstić information content (AvgIpc) is 2.29. The Bertz CT molecular complexity index is 489. The third-order valence-electron chi connectivity index (χ3n) is 2.93. The van der Waals surface area contributed by atoms with Crippen LogP contribution in [0.2, 0.25) is 0 Å². The summed E-state index contributed by atoms with van der Waals surface area (Å²) in [5, 5.41) is 0.712. The van der Waals surface area contributed by atoms with E-state index in [2.05, 4.69) is 20.7 Å². The summed E-state index contributed by atoms with van der Waals surface area (Å²) in [6.07, 6.45) is 1.36. The van der Waals surface area contributed by atoms with Gasteiger partial charge in [-0.25, -0.2) is 17.5 Å². The summed E-state index contributed by atoms with van der Waals surface area (Å²) in [6, 6.07) is 4.81. The van der Waals surface area contributed by atoms with E-state index in [1.54, 1.807) is 0 Å². The zero-order valence-corrected chi connectivity index (χ0v) is 12.8. The minimum absolute atomic E-state index is 0.0816. The van der Waals surface area contributed by atoms with E-state index in [0.717, 1.165) is 12.1 Å². The van der Waals surface area contributed by atoms with Crippen molar-refractivity contribution in [1.29, 1.82) is 0 Å². The van der Waals surface area contributed by atoms with Gasteiger partial charge in [-0.3, -0.25) is 0 Å². The van der Waals surface area contributed by atoms with Crippen LogP contribution < -0.4 is 4.72 Å². The molecule has 0 amide bonds. The van der Waals surface area contributed by atoms with Crippen LogP contribution in [0.1, 0.15) is 26.7 Å². The molecule has 102 valence electrons. The molecule has 18 heavy (non-hydrogen) atoms. The molecule has 1 aromatic carbocycles. The van der Waals surface area contributed by atoms with Gasteiger partial charge in [-0.2, -0.15) is 0 Å². The lowest BCUT2D eigenvalue weighted by Gasteiger charge is -2.28. The Morgan fingerprint density at radius 2 is 1.89 bits per heavy atom. The van der Waals surface area contributed by atoms with Gasteiger partial charge in [-0.1, -0.05) is 22.9 Å². The van der Waals surface area contributed by atoms with Crippen LogP contribution in [0.4, 0.5) is 4.39 Å². The van der Waals surface area contributed by atoms with Crippen molar-refractivity contribution in [3.8, 4) is 0 Å². The summed E-state index contributed by atoms with van der Waals surface area (Å²) < 4.78 is 39.7. The van der Waals surface area contributed by atoms with Crippen molar-refractivity contribution in [3.63, 3.8) is 0 Å². The van der Waals surface area contributed by atoms with Crippen LogP contribution in [-0.2, 0) is 10.0 Å². The molecule has 1 N–H and O–H groups in total. The van der Waals surface area contributed by atoms with Gasteiger partial charge in [-0.15, -0.1) is 0 Å². The number of hydrogen-bond acceptors (Lipinski definition) is 2. The predicted molar refractivity (Wildman–Crippen MR) is 73.8 cm³/mol. The first-order chi connectivity index (χ1) is 8.33. The third-order valence-corrected chi connectivity index (χ3v) is 4.98. The van der Waals surface area contributed by atoms with Crippen molar-refractivity contribution in [2.24, 2.45) is 0 Å². The first kappa shape index (κ1) is 15.6. The zero-order chi connectivity index (χ0) is 13.8. The van der Waals surface area contributed by atoms with E-state index >= 15 is 0 Å². The molecule has 1 aromatic rings. The van der Waals surface area contributed by atoms with E-state index in [-0.39, 0.29) is 4.90 Å². The van der Waals surface area contributed by atoms with E-state index in [0.29, 0.717) is 18.2 Å². The Morgan fingerprint density at radius 3 is 2.33 bits per heavy atom. The Kier molecular flexibility index (Phi) is 5.31. The molecule has 3 nitrogen and oxygen atoms in total. The van der Waals surface area contributed by atoms with Crippen molar-refractivity contribution >= 4 is 26.0 Å². The Labute approximate surface area is 116 Å². The van der Waals surface area contributed by atoms with Gasteiger partial charge >= 0.3 is 0 Å². The third kappa shape index (κ3) is 4.03. The second-order valence-corrected chi connectivity index (χ2v) is 6.89. The molecular formula is C12H17BrFNO2S. The zero-order valence-electron chi connectivity index (χ0n) is 10.4. The molecule has 0 aliphatic heterocycles. The standard InChI is InChI=1S/C12H17BrFNO2S/c1-3-12(2,8-9-13)15-18(16,17)11-6-4-10(14)5-7-11/h4-7,15H,3,8-9H2,1-2H3. The van der Waals surface area contributed by atoms with Gasteiger partial charge in [0.2, 0.25) is 10.0 Å². The van der Waals surface area contributed by atoms with Crippen LogP contribution in [0.3, 0.4) is 0 Å². The number of halogens is 2. The topological polar surface area (TPSA) is 46.2 Å². The molecule has 0 aliphatic carbocycles. The van der Waals surface area contributed by atoms with Gasteiger partial charge in [0.05, 0.1) is 4.90 Å². The normalized spacial score (nSPS) is 15.3. The lowest BCUT2D eigenvalue weighted by atomic mass is 9.98. The number of rotatable bonds is 6. The molecule has 0 bridgehead atoms. The predicted octanol–water partition coefficient (Wildman–Crippen LogP) is 3.06. The maximum atomic E-state index is 12.8. The van der Waals surface area contributed by atoms with Gasteiger partial charge in [0, 0.05) is 10.9 Å². The van der Waals surface area contributed by atoms with Crippen molar-refractivity contribution in [3.05, 3.63) is 30.1 Å². The number of nitrogens with one attached hydrogen (secondary N) is 1. The summed E-state index contributed by atoms with van der Waals surface area (Å²) in [5.74, 6) is -0.451. The highest BCUT2D eigenvalue weighted by Gasteiger charge is 2.28. The number of hydrogen-bond donors (Lipinski definition) is 1. The highest BCUT2D eigenvalue weighted by molar-refractivity contribution is 9.09. The lowest BCUT2D eigenvalue weighted by molar-refractivity contribution is 0.392. The molecule has 6 heteroatoms. The van der Waals surface area contributed by atoms with Crippen LogP contribution in [0.5, 0.6) is 0 Å². The first-order valence-electron chi connectivity index (χ1n) is 5.68. The van der Waals surface area contributed by atoms with E-state index < -0.39 is 21.4 Å². The highest BCUT2D eigenvalue weighted by atomic mass is 79.9. The van der Waals surface area contributed by atoms with E-state index in [1.807, 2.05) is 13.8 Å². The van der Waals surface area contributed by atoms with E-state index in [1.165, 1.54) is 12.1 Å². The second kappa shape index (κ2) is 6.12. The minimum atomic E-state index is -3.61. The molecule has 0 fully saturated rings. The fourth-order valence-corrected chi connectivity index (χ4v) is 3.89. The molecule has 1 rings (SSSR count). The van der Waals surface area contributed by atoms with Crippen LogP contribution in [0, 0.1) is 5.82 Å². The fourth-order valence-electron chi connectivity index (χ4n) is 1.51. The SMILES string of the molecule is CCC(C)(CCBr)NS(=O)(=O)c1ccc(F)cc1. The summed E-state index contributed by atoms with van der Waals surface area (Å²) in [4.78, 5) is 0.0816. The molecular weight excluding hydrogens is 321 g/mol. The highest BCUT2D eigenvalue weighted by Crippen LogP contribution is 2.20. The second-order valence-electron chi connectivity index (χ2n) is 4.41. The lowest BCUT2D eigenvalue weighted by Crippen LogP contribution is -2.45. The summed E-state index contributed by atoms with van der Waals surface area (Å²) in [6.45, 7) is 3.78. The average molecular weight is 338 g/mol. The van der Waals surface area contributed by atoms with Crippen LogP contribution in [0.25, 0.3) is 0 Å². The number of benzene rings is 1. The maximum Gasteiger partial charge on any atom is 0.241 e. The van der Waals surface area contributed by atoms with Crippen LogP contribution in [0.15, 0.2) is 29.2 Å². The van der Waals surface area contributed by atoms with Crippen molar-refractivity contribution in [2.75, 3.05) is 5.33 Å². The Morgan fingerprint density at radius 1 is 1.33 bits per heavy atom. The van der Waals surface area contributed by atoms with Gasteiger partial charge in [0.1, 0.15) is 5.82 Å². The summed E-state index contributed by atoms with van der Waals surface area (Å²) >= 11 is 3.31. The van der Waals surface area contributed by atoms with Crippen LogP contribution in [-0.4, -0.2) is 19.3 Å². The first-order valence-corrected chi connectivity index (χ1v) is 8.29. The Balaban J connectivity index is 2.97. The fraction of sp³-hybridized carbons (Fsp3) is 0.500. The van der Waals surface area contributed by atoms with E-state index in [4.69, 9.17) is 0 Å².